The average molecular weight is 141 g/mol. The Morgan fingerprint density at radius 2 is 1.31 bits per heavy atom. The molecule has 0 N–H and O–H groups in total. The maximum absolute atomic E-state index is 5.48. The van der Waals surface area contributed by atoms with Gasteiger partial charge in [-0.1, -0.05) is 6.39 Å². The van der Waals surface area contributed by atoms with E-state index in [2.05, 4.69) is 0 Å². The molecule has 0 nitrogen and oxygen atoms in total. The zero-order valence-electron chi connectivity index (χ0n) is 7.51. The SMILES string of the molecule is [B]B([B])B(B([B])[B])B([B][B-])B([B])[B-]. The molecule has 0 atom stereocenters. The van der Waals surface area contributed by atoms with Crippen molar-refractivity contribution in [3.05, 3.63) is 0 Å². The molecule has 0 amide bonds. The van der Waals surface area contributed by atoms with Crippen molar-refractivity contribution < 1.29 is 0 Å². The molecule has 0 aliphatic heterocycles. The quantitative estimate of drug-likeness (QED) is 0.336. The van der Waals surface area contributed by atoms with Crippen molar-refractivity contribution in [1.29, 1.82) is 0 Å². The van der Waals surface area contributed by atoms with Crippen molar-refractivity contribution in [2.45, 2.75) is 0 Å². The van der Waals surface area contributed by atoms with Crippen molar-refractivity contribution in [3.8, 4) is 0 Å². The minimum absolute atomic E-state index is 0.389. The van der Waals surface area contributed by atoms with Gasteiger partial charge in [-0.05, 0) is 57.8 Å². The van der Waals surface area contributed by atoms with E-state index in [1.54, 1.807) is 0 Å². The molecule has 0 heterocycles. The minimum Gasteiger partial charge on any atom is -0.690 e. The molecular formula is B13-2. The Bertz CT molecular complexity index is 114. The summed E-state index contributed by atoms with van der Waals surface area (Å²) in [6.07, 6.45) is -2.87. The Kier molecular flexibility index (Phi) is 6.76. The Labute approximate surface area is 93.3 Å². The maximum Gasteiger partial charge on any atom is -0.00000330 e. The van der Waals surface area contributed by atoms with Crippen LogP contribution in [0, 0.1) is 0 Å². The Morgan fingerprint density at radius 3 is 1.38 bits per heavy atom. The molecule has 0 aromatic carbocycles. The molecule has 0 unspecified atom stereocenters. The molecule has 13 heteroatoms. The topological polar surface area (TPSA) is 0 Å². The van der Waals surface area contributed by atoms with Gasteiger partial charge in [0.2, 0.25) is 0 Å². The molecule has 0 aromatic rings. The lowest BCUT2D eigenvalue weighted by Crippen LogP contribution is -2.69. The summed E-state index contributed by atoms with van der Waals surface area (Å²) in [6, 6.07) is 0. The third-order valence-electron chi connectivity index (χ3n) is 2.00. The predicted molar refractivity (Wildman–Crippen MR) is 74.8 cm³/mol. The largest absolute Gasteiger partial charge is 0.690 e. The van der Waals surface area contributed by atoms with Crippen LogP contribution < -0.4 is 0 Å². The molecular weight excluding hydrogens is 141 g/mol. The van der Waals surface area contributed by atoms with E-state index in [0.29, 0.717) is 0 Å². The molecule has 0 fully saturated rings. The first-order valence-corrected chi connectivity index (χ1v) is 4.00. The Balaban J connectivity index is 4.49. The molecule has 0 spiro atoms. The van der Waals surface area contributed by atoms with E-state index >= 15 is 0 Å². The summed E-state index contributed by atoms with van der Waals surface area (Å²) in [5.74, 6) is 0. The molecule has 0 saturated heterocycles. The van der Waals surface area contributed by atoms with Crippen molar-refractivity contribution in [3.63, 3.8) is 0 Å². The van der Waals surface area contributed by atoms with Crippen LogP contribution in [0.1, 0.15) is 0 Å². The molecule has 41 valence electrons. The monoisotopic (exact) mass is 143 g/mol. The van der Waals surface area contributed by atoms with Crippen LogP contribution in [0.15, 0.2) is 0 Å². The van der Waals surface area contributed by atoms with Gasteiger partial charge in [0.05, 0.1) is 0 Å². The van der Waals surface area contributed by atoms with Gasteiger partial charge in [0.25, 0.3) is 0 Å². The Hall–Kier alpha value is 0.844. The van der Waals surface area contributed by atoms with Crippen LogP contribution >= 0.6 is 0 Å². The highest BCUT2D eigenvalue weighted by atomic mass is 13.1. The number of hydrogen-bond acceptors (Lipinski definition) is 0. The summed E-state index contributed by atoms with van der Waals surface area (Å²) >= 11 is 0. The first-order chi connectivity index (χ1) is 5.91. The summed E-state index contributed by atoms with van der Waals surface area (Å²) in [6.45, 7) is 0. The van der Waals surface area contributed by atoms with Crippen LogP contribution in [0.2, 0.25) is 0 Å². The lowest BCUT2D eigenvalue weighted by atomic mass is 8.50. The van der Waals surface area contributed by atoms with Gasteiger partial charge in [-0.25, -0.2) is 6.39 Å². The third kappa shape index (κ3) is 4.25. The normalized spacial score (nSPS) is 8.77. The smallest absolute Gasteiger partial charge is 0.00000330 e. The lowest BCUT2D eigenvalue weighted by Gasteiger charge is -2.42. The van der Waals surface area contributed by atoms with Crippen molar-refractivity contribution in [2.75, 3.05) is 0 Å². The average Bonchev–Trinajstić information content (AvgIpc) is 1.97. The molecule has 0 bridgehead atoms. The first kappa shape index (κ1) is 13.8. The van der Waals surface area contributed by atoms with Gasteiger partial charge in [0.15, 0.2) is 0 Å². The standard InChI is InChI=1S/B13/c1-8-12(9(2)3)13(10(4)5)11(6)7/q-2. The van der Waals surface area contributed by atoms with Gasteiger partial charge in [-0.2, -0.15) is 0 Å². The highest BCUT2D eigenvalue weighted by Crippen LogP contribution is 1.94. The van der Waals surface area contributed by atoms with Gasteiger partial charge in [0.1, 0.15) is 0 Å². The van der Waals surface area contributed by atoms with E-state index in [9.17, 15) is 0 Å². The minimum atomic E-state index is -0.695. The molecule has 13 heavy (non-hydrogen) atoms. The molecule has 0 aliphatic rings. The Morgan fingerprint density at radius 1 is 0.923 bits per heavy atom. The van der Waals surface area contributed by atoms with Crippen LogP contribution in [0.3, 0.4) is 0 Å². The second-order valence-electron chi connectivity index (χ2n) is 3.08. The highest BCUT2D eigenvalue weighted by molar-refractivity contribution is 8.07. The summed E-state index contributed by atoms with van der Waals surface area (Å²) in [5, 5.41) is 0. The highest BCUT2D eigenvalue weighted by Gasteiger charge is 2.25. The van der Waals surface area contributed by atoms with Gasteiger partial charge >= 0.3 is 0 Å². The van der Waals surface area contributed by atoms with Gasteiger partial charge in [-0.3, -0.25) is 7.06 Å². The zero-order chi connectivity index (χ0) is 10.6. The molecule has 0 aliphatic carbocycles. The predicted octanol–water partition coefficient (Wildman–Crippen LogP) is -4.95. The van der Waals surface area contributed by atoms with E-state index in [1.165, 1.54) is 7.06 Å². The van der Waals surface area contributed by atoms with E-state index in [0.717, 1.165) is 0 Å². The fraction of sp³-hybridized carbons (Fsp3) is 0. The maximum atomic E-state index is 5.48. The van der Waals surface area contributed by atoms with Crippen LogP contribution in [-0.4, -0.2) is 93.1 Å². The number of hydrogen-bond donors (Lipinski definition) is 0. The van der Waals surface area contributed by atoms with Crippen LogP contribution in [0.25, 0.3) is 0 Å². The van der Waals surface area contributed by atoms with Gasteiger partial charge in [0, 0.05) is 0 Å². The van der Waals surface area contributed by atoms with E-state index in [-0.39, 0.29) is 6.39 Å². The van der Waals surface area contributed by atoms with Crippen molar-refractivity contribution >= 4 is 93.1 Å². The second-order valence-corrected chi connectivity index (χ2v) is 3.08. The van der Waals surface area contributed by atoms with Crippen LogP contribution in [0.5, 0.6) is 0 Å². The van der Waals surface area contributed by atoms with E-state index < -0.39 is 25.5 Å². The van der Waals surface area contributed by atoms with Gasteiger partial charge < -0.3 is 15.5 Å². The fourth-order valence-electron chi connectivity index (χ4n) is 1.28. The lowest BCUT2D eigenvalue weighted by molar-refractivity contribution is 3.45. The number of rotatable bonds is 5. The first-order valence-electron chi connectivity index (χ1n) is 4.00. The van der Waals surface area contributed by atoms with E-state index in [4.69, 9.17) is 54.2 Å². The molecule has 0 aromatic heterocycles. The fourth-order valence-corrected chi connectivity index (χ4v) is 1.28. The van der Waals surface area contributed by atoms with Crippen LogP contribution in [0.4, 0.5) is 0 Å². The summed E-state index contributed by atoms with van der Waals surface area (Å²) in [5.41, 5.74) is 0. The molecule has 0 rings (SSSR count). The molecule has 17 radical (unpaired) electrons. The molecule has 0 saturated carbocycles. The second kappa shape index (κ2) is 6.35. The van der Waals surface area contributed by atoms with Crippen molar-refractivity contribution in [1.82, 2.24) is 0 Å². The summed E-state index contributed by atoms with van der Waals surface area (Å²) in [7, 11) is 39.5. The van der Waals surface area contributed by atoms with Crippen molar-refractivity contribution in [2.24, 2.45) is 0 Å². The third-order valence-corrected chi connectivity index (χ3v) is 2.00. The van der Waals surface area contributed by atoms with Crippen LogP contribution in [-0.2, 0) is 0 Å². The van der Waals surface area contributed by atoms with Gasteiger partial charge in [-0.15, -0.1) is 0 Å². The summed E-state index contributed by atoms with van der Waals surface area (Å²) in [4.78, 5) is 0. The zero-order valence-corrected chi connectivity index (χ0v) is 7.51. The van der Waals surface area contributed by atoms with E-state index in [1.807, 2.05) is 0 Å². The summed E-state index contributed by atoms with van der Waals surface area (Å²) < 4.78 is 0.